The Kier molecular flexibility index (Phi) is 2.76. The second kappa shape index (κ2) is 4.44. The third-order valence-corrected chi connectivity index (χ3v) is 3.87. The number of nitrogens with one attached hydrogen (secondary N) is 1. The summed E-state index contributed by atoms with van der Waals surface area (Å²) >= 11 is 1.47. The SMILES string of the molecule is Cc1ncsc1C=C1C(=O)NC(=O)c2ccccc21. The van der Waals surface area contributed by atoms with E-state index in [2.05, 4.69) is 10.3 Å². The van der Waals surface area contributed by atoms with Crippen LogP contribution in [-0.4, -0.2) is 16.8 Å². The molecule has 1 aliphatic heterocycles. The van der Waals surface area contributed by atoms with E-state index in [4.69, 9.17) is 0 Å². The van der Waals surface area contributed by atoms with Crippen LogP contribution in [-0.2, 0) is 4.79 Å². The quantitative estimate of drug-likeness (QED) is 0.638. The van der Waals surface area contributed by atoms with Crippen LogP contribution >= 0.6 is 11.3 Å². The maximum Gasteiger partial charge on any atom is 0.258 e. The highest BCUT2D eigenvalue weighted by molar-refractivity contribution is 7.10. The molecule has 94 valence electrons. The summed E-state index contributed by atoms with van der Waals surface area (Å²) in [5.41, 5.74) is 4.31. The van der Waals surface area contributed by atoms with Crippen molar-refractivity contribution >= 4 is 34.8 Å². The Morgan fingerprint density at radius 3 is 2.58 bits per heavy atom. The van der Waals surface area contributed by atoms with Crippen LogP contribution in [0.5, 0.6) is 0 Å². The minimum atomic E-state index is -0.364. The number of imide groups is 1. The van der Waals surface area contributed by atoms with Gasteiger partial charge in [0.05, 0.1) is 16.1 Å². The van der Waals surface area contributed by atoms with Gasteiger partial charge in [-0.2, -0.15) is 0 Å². The fourth-order valence-electron chi connectivity index (χ4n) is 2.00. The van der Waals surface area contributed by atoms with E-state index in [1.807, 2.05) is 13.0 Å². The van der Waals surface area contributed by atoms with Crippen molar-refractivity contribution in [2.45, 2.75) is 6.92 Å². The molecule has 5 heteroatoms. The second-order valence-corrected chi connectivity index (χ2v) is 5.08. The number of amides is 2. The predicted molar refractivity (Wildman–Crippen MR) is 73.6 cm³/mol. The average Bonchev–Trinajstić information content (AvgIpc) is 2.80. The summed E-state index contributed by atoms with van der Waals surface area (Å²) in [6, 6.07) is 7.10. The molecule has 4 nitrogen and oxygen atoms in total. The highest BCUT2D eigenvalue weighted by Gasteiger charge is 2.26. The number of fused-ring (bicyclic) bond motifs is 1. The van der Waals surface area contributed by atoms with Gasteiger partial charge in [-0.3, -0.25) is 14.9 Å². The molecule has 2 aromatic rings. The van der Waals surface area contributed by atoms with Gasteiger partial charge in [0.25, 0.3) is 11.8 Å². The summed E-state index contributed by atoms with van der Waals surface area (Å²) in [7, 11) is 0. The van der Waals surface area contributed by atoms with Gasteiger partial charge in [0.1, 0.15) is 0 Å². The van der Waals surface area contributed by atoms with Crippen molar-refractivity contribution in [1.82, 2.24) is 10.3 Å². The Bertz CT molecular complexity index is 716. The molecule has 0 bridgehead atoms. The van der Waals surface area contributed by atoms with Crippen molar-refractivity contribution in [2.75, 3.05) is 0 Å². The highest BCUT2D eigenvalue weighted by Crippen LogP contribution is 2.27. The first-order chi connectivity index (χ1) is 9.16. The fourth-order valence-corrected chi connectivity index (χ4v) is 2.73. The molecule has 0 spiro atoms. The fraction of sp³-hybridized carbons (Fsp3) is 0.0714. The molecule has 0 unspecified atom stereocenters. The minimum absolute atomic E-state index is 0.348. The normalized spacial score (nSPS) is 16.4. The van der Waals surface area contributed by atoms with Crippen molar-refractivity contribution in [3.63, 3.8) is 0 Å². The molecule has 0 aliphatic carbocycles. The zero-order valence-electron chi connectivity index (χ0n) is 10.1. The number of carbonyl (C=O) groups excluding carboxylic acids is 2. The van der Waals surface area contributed by atoms with Crippen molar-refractivity contribution in [1.29, 1.82) is 0 Å². The van der Waals surface area contributed by atoms with Crippen LogP contribution in [0, 0.1) is 6.92 Å². The standard InChI is InChI=1S/C14H10N2O2S/c1-8-12(19-7-15-8)6-11-9-4-2-3-5-10(9)13(17)16-14(11)18/h2-7H,1H3,(H,16,17,18). The summed E-state index contributed by atoms with van der Waals surface area (Å²) in [5.74, 6) is -0.713. The number of rotatable bonds is 1. The lowest BCUT2D eigenvalue weighted by Gasteiger charge is -2.17. The lowest BCUT2D eigenvalue weighted by atomic mass is 9.94. The number of aryl methyl sites for hydroxylation is 1. The Hall–Kier alpha value is -2.27. The number of hydrogen-bond acceptors (Lipinski definition) is 4. The van der Waals surface area contributed by atoms with E-state index >= 15 is 0 Å². The van der Waals surface area contributed by atoms with Crippen LogP contribution in [0.25, 0.3) is 11.6 Å². The molecule has 2 heterocycles. The van der Waals surface area contributed by atoms with E-state index in [1.54, 1.807) is 29.8 Å². The third kappa shape index (κ3) is 1.98. The van der Waals surface area contributed by atoms with Crippen molar-refractivity contribution in [3.8, 4) is 0 Å². The van der Waals surface area contributed by atoms with E-state index < -0.39 is 0 Å². The summed E-state index contributed by atoms with van der Waals surface area (Å²) in [5, 5.41) is 2.36. The number of carbonyl (C=O) groups is 2. The van der Waals surface area contributed by atoms with Gasteiger partial charge in [0.15, 0.2) is 0 Å². The van der Waals surface area contributed by atoms with Crippen molar-refractivity contribution < 1.29 is 9.59 Å². The summed E-state index contributed by atoms with van der Waals surface area (Å²) in [6.07, 6.45) is 1.79. The van der Waals surface area contributed by atoms with Crippen molar-refractivity contribution in [2.24, 2.45) is 0 Å². The van der Waals surface area contributed by atoms with Gasteiger partial charge < -0.3 is 0 Å². The molecule has 1 aromatic carbocycles. The predicted octanol–water partition coefficient (Wildman–Crippen LogP) is 2.26. The van der Waals surface area contributed by atoms with E-state index in [9.17, 15) is 9.59 Å². The molecular formula is C14H10N2O2S. The van der Waals surface area contributed by atoms with Gasteiger partial charge in [-0.25, -0.2) is 4.98 Å². The maximum atomic E-state index is 12.0. The van der Waals surface area contributed by atoms with Crippen LogP contribution in [0.4, 0.5) is 0 Å². The number of thiazole rings is 1. The van der Waals surface area contributed by atoms with Crippen LogP contribution in [0.2, 0.25) is 0 Å². The summed E-state index contributed by atoms with van der Waals surface area (Å²) in [4.78, 5) is 28.8. The van der Waals surface area contributed by atoms with Gasteiger partial charge in [0, 0.05) is 11.1 Å². The van der Waals surface area contributed by atoms with Gasteiger partial charge in [-0.05, 0) is 24.6 Å². The lowest BCUT2D eigenvalue weighted by Crippen LogP contribution is -2.36. The molecule has 0 fully saturated rings. The topological polar surface area (TPSA) is 59.1 Å². The van der Waals surface area contributed by atoms with Crippen LogP contribution in [0.1, 0.15) is 26.5 Å². The molecule has 1 N–H and O–H groups in total. The Labute approximate surface area is 113 Å². The smallest absolute Gasteiger partial charge is 0.258 e. The van der Waals surface area contributed by atoms with E-state index in [0.29, 0.717) is 16.7 Å². The zero-order chi connectivity index (χ0) is 13.4. The lowest BCUT2D eigenvalue weighted by molar-refractivity contribution is -0.114. The molecule has 0 radical (unpaired) electrons. The van der Waals surface area contributed by atoms with E-state index in [-0.39, 0.29) is 11.8 Å². The molecule has 0 saturated heterocycles. The number of nitrogens with zero attached hydrogens (tertiary/aromatic N) is 1. The molecular weight excluding hydrogens is 260 g/mol. The first-order valence-electron chi connectivity index (χ1n) is 5.73. The first kappa shape index (κ1) is 11.8. The van der Waals surface area contributed by atoms with Gasteiger partial charge in [-0.15, -0.1) is 11.3 Å². The van der Waals surface area contributed by atoms with E-state index in [1.165, 1.54) is 11.3 Å². The van der Waals surface area contributed by atoms with Gasteiger partial charge in [-0.1, -0.05) is 18.2 Å². The summed E-state index contributed by atoms with van der Waals surface area (Å²) < 4.78 is 0. The maximum absolute atomic E-state index is 12.0. The monoisotopic (exact) mass is 270 g/mol. The first-order valence-corrected chi connectivity index (χ1v) is 6.61. The molecule has 0 saturated carbocycles. The van der Waals surface area contributed by atoms with E-state index in [0.717, 1.165) is 10.6 Å². The molecule has 1 aliphatic rings. The molecule has 2 amide bonds. The molecule has 3 rings (SSSR count). The molecule has 19 heavy (non-hydrogen) atoms. The molecule has 0 atom stereocenters. The van der Waals surface area contributed by atoms with Crippen molar-refractivity contribution in [3.05, 3.63) is 51.5 Å². The van der Waals surface area contributed by atoms with Gasteiger partial charge >= 0.3 is 0 Å². The Morgan fingerprint density at radius 1 is 1.16 bits per heavy atom. The number of aromatic nitrogens is 1. The zero-order valence-corrected chi connectivity index (χ0v) is 11.0. The molecule has 1 aromatic heterocycles. The Morgan fingerprint density at radius 2 is 1.89 bits per heavy atom. The minimum Gasteiger partial charge on any atom is -0.288 e. The second-order valence-electron chi connectivity index (χ2n) is 4.19. The van der Waals surface area contributed by atoms with Crippen LogP contribution in [0.15, 0.2) is 29.8 Å². The van der Waals surface area contributed by atoms with Gasteiger partial charge in [0.2, 0.25) is 0 Å². The average molecular weight is 270 g/mol. The summed E-state index contributed by atoms with van der Waals surface area (Å²) in [6.45, 7) is 1.89. The Balaban J connectivity index is 2.19. The van der Waals surface area contributed by atoms with Crippen LogP contribution < -0.4 is 5.32 Å². The number of hydrogen-bond donors (Lipinski definition) is 1. The largest absolute Gasteiger partial charge is 0.288 e. The van der Waals surface area contributed by atoms with Crippen LogP contribution in [0.3, 0.4) is 0 Å². The third-order valence-electron chi connectivity index (χ3n) is 2.99. The number of benzene rings is 1. The highest BCUT2D eigenvalue weighted by atomic mass is 32.1.